The molecule has 0 saturated carbocycles. The van der Waals surface area contributed by atoms with E-state index in [0.29, 0.717) is 17.9 Å². The minimum atomic E-state index is -3.56. The van der Waals surface area contributed by atoms with Crippen molar-refractivity contribution in [2.24, 2.45) is 0 Å². The standard InChI is InChI=1S/C31H33N3O2S/c35-37(36)30-14-7-13-27-28(15-16-29(31(27)30)34(37)22-18-26-11-5-2-6-12-26)33-20-8-19-32(23-24-33)21-17-25-9-3-1-4-10-25/h1-7,9-16H,8,17-24H2. The molecule has 2 aliphatic rings. The topological polar surface area (TPSA) is 43.9 Å². The Balaban J connectivity index is 1.23. The van der Waals surface area contributed by atoms with Crippen LogP contribution in [0.5, 0.6) is 0 Å². The third kappa shape index (κ3) is 4.72. The molecule has 0 amide bonds. The molecule has 0 bridgehead atoms. The Kier molecular flexibility index (Phi) is 6.61. The van der Waals surface area contributed by atoms with Crippen LogP contribution in [0.25, 0.3) is 10.8 Å². The van der Waals surface area contributed by atoms with E-state index in [-0.39, 0.29) is 0 Å². The molecule has 6 rings (SSSR count). The molecule has 5 nitrogen and oxygen atoms in total. The van der Waals surface area contributed by atoms with Gasteiger partial charge in [0.25, 0.3) is 10.0 Å². The zero-order chi connectivity index (χ0) is 25.2. The van der Waals surface area contributed by atoms with Crippen molar-refractivity contribution < 1.29 is 8.42 Å². The summed E-state index contributed by atoms with van der Waals surface area (Å²) in [5.41, 5.74) is 4.48. The Hall–Kier alpha value is -3.35. The number of benzene rings is 4. The number of anilines is 2. The monoisotopic (exact) mass is 511 g/mol. The van der Waals surface area contributed by atoms with Crippen molar-refractivity contribution in [1.29, 1.82) is 0 Å². The quantitative estimate of drug-likeness (QED) is 0.336. The van der Waals surface area contributed by atoms with Crippen molar-refractivity contribution in [3.8, 4) is 0 Å². The van der Waals surface area contributed by atoms with E-state index in [4.69, 9.17) is 0 Å². The van der Waals surface area contributed by atoms with E-state index in [9.17, 15) is 8.42 Å². The molecular formula is C31H33N3O2S. The summed E-state index contributed by atoms with van der Waals surface area (Å²) in [6.07, 6.45) is 2.85. The molecule has 0 aliphatic carbocycles. The van der Waals surface area contributed by atoms with Crippen molar-refractivity contribution in [3.63, 3.8) is 0 Å². The van der Waals surface area contributed by atoms with Gasteiger partial charge in [-0.25, -0.2) is 8.42 Å². The van der Waals surface area contributed by atoms with E-state index in [1.807, 2.05) is 30.3 Å². The van der Waals surface area contributed by atoms with Gasteiger partial charge in [-0.05, 0) is 55.1 Å². The first-order chi connectivity index (χ1) is 18.1. The average Bonchev–Trinajstić information content (AvgIpc) is 3.06. The van der Waals surface area contributed by atoms with Crippen LogP contribution in [-0.2, 0) is 22.9 Å². The highest BCUT2D eigenvalue weighted by molar-refractivity contribution is 7.93. The van der Waals surface area contributed by atoms with Gasteiger partial charge in [0.2, 0.25) is 0 Å². The van der Waals surface area contributed by atoms with Gasteiger partial charge in [-0.3, -0.25) is 4.31 Å². The molecule has 2 heterocycles. The fourth-order valence-corrected chi connectivity index (χ4v) is 7.47. The first kappa shape index (κ1) is 24.0. The van der Waals surface area contributed by atoms with Crippen LogP contribution in [0.15, 0.2) is 95.9 Å². The van der Waals surface area contributed by atoms with E-state index in [0.717, 1.165) is 73.3 Å². The first-order valence-corrected chi connectivity index (χ1v) is 14.7. The summed E-state index contributed by atoms with van der Waals surface area (Å²) in [4.78, 5) is 5.45. The van der Waals surface area contributed by atoms with Gasteiger partial charge in [0.15, 0.2) is 0 Å². The van der Waals surface area contributed by atoms with Crippen molar-refractivity contribution in [3.05, 3.63) is 102 Å². The highest BCUT2D eigenvalue weighted by Crippen LogP contribution is 2.45. The lowest BCUT2D eigenvalue weighted by molar-refractivity contribution is 0.297. The van der Waals surface area contributed by atoms with Gasteiger partial charge in [-0.1, -0.05) is 72.8 Å². The van der Waals surface area contributed by atoms with Gasteiger partial charge in [0, 0.05) is 49.2 Å². The third-order valence-corrected chi connectivity index (χ3v) is 9.58. The lowest BCUT2D eigenvalue weighted by Crippen LogP contribution is -2.32. The molecule has 0 N–H and O–H groups in total. The maximum atomic E-state index is 13.6. The summed E-state index contributed by atoms with van der Waals surface area (Å²) in [6.45, 7) is 5.53. The minimum Gasteiger partial charge on any atom is -0.370 e. The normalized spacial score (nSPS) is 17.3. The van der Waals surface area contributed by atoms with Gasteiger partial charge in [0.1, 0.15) is 0 Å². The number of rotatable bonds is 7. The summed E-state index contributed by atoms with van der Waals surface area (Å²) in [6, 6.07) is 30.7. The number of nitrogens with zero attached hydrogens (tertiary/aromatic N) is 3. The van der Waals surface area contributed by atoms with Crippen molar-refractivity contribution in [2.75, 3.05) is 48.5 Å². The van der Waals surface area contributed by atoms with Crippen LogP contribution in [0.1, 0.15) is 17.5 Å². The minimum absolute atomic E-state index is 0.439. The molecule has 0 radical (unpaired) electrons. The third-order valence-electron chi connectivity index (χ3n) is 7.73. The fourth-order valence-electron chi connectivity index (χ4n) is 5.77. The van der Waals surface area contributed by atoms with E-state index in [2.05, 4.69) is 64.4 Å². The molecule has 6 heteroatoms. The number of sulfonamides is 1. The molecule has 2 aliphatic heterocycles. The summed E-state index contributed by atoms with van der Waals surface area (Å²) < 4.78 is 28.7. The molecule has 37 heavy (non-hydrogen) atoms. The Morgan fingerprint density at radius 2 is 1.30 bits per heavy atom. The number of hydrogen-bond acceptors (Lipinski definition) is 4. The lowest BCUT2D eigenvalue weighted by atomic mass is 10.0. The highest BCUT2D eigenvalue weighted by Gasteiger charge is 2.36. The van der Waals surface area contributed by atoms with Gasteiger partial charge < -0.3 is 9.80 Å². The Morgan fingerprint density at radius 3 is 2.03 bits per heavy atom. The van der Waals surface area contributed by atoms with E-state index in [1.54, 1.807) is 10.4 Å². The SMILES string of the molecule is O=S1(=O)c2cccc3c(N4CCCN(CCc5ccccc5)CC4)ccc(c23)N1CCc1ccccc1. The van der Waals surface area contributed by atoms with Gasteiger partial charge in [0.05, 0.1) is 10.6 Å². The van der Waals surface area contributed by atoms with Crippen LogP contribution in [0.3, 0.4) is 0 Å². The second-order valence-corrected chi connectivity index (χ2v) is 11.8. The number of hydrogen-bond donors (Lipinski definition) is 0. The molecule has 1 fully saturated rings. The predicted octanol–water partition coefficient (Wildman–Crippen LogP) is 5.35. The van der Waals surface area contributed by atoms with Crippen LogP contribution < -0.4 is 9.21 Å². The zero-order valence-corrected chi connectivity index (χ0v) is 21.9. The Bertz CT molecular complexity index is 1490. The van der Waals surface area contributed by atoms with Gasteiger partial charge in [-0.15, -0.1) is 0 Å². The molecule has 0 spiro atoms. The van der Waals surface area contributed by atoms with Crippen LogP contribution in [-0.4, -0.2) is 52.6 Å². The molecular weight excluding hydrogens is 478 g/mol. The van der Waals surface area contributed by atoms with Crippen LogP contribution in [0.4, 0.5) is 11.4 Å². The largest absolute Gasteiger partial charge is 0.370 e. The average molecular weight is 512 g/mol. The lowest BCUT2D eigenvalue weighted by Gasteiger charge is -2.26. The second kappa shape index (κ2) is 10.2. The smallest absolute Gasteiger partial charge is 0.265 e. The molecule has 0 aromatic heterocycles. The highest BCUT2D eigenvalue weighted by atomic mass is 32.2. The summed E-state index contributed by atoms with van der Waals surface area (Å²) in [5.74, 6) is 0. The summed E-state index contributed by atoms with van der Waals surface area (Å²) in [5, 5.41) is 1.91. The summed E-state index contributed by atoms with van der Waals surface area (Å²) >= 11 is 0. The van der Waals surface area contributed by atoms with E-state index in [1.165, 1.54) is 5.56 Å². The maximum Gasteiger partial charge on any atom is 0.265 e. The van der Waals surface area contributed by atoms with Crippen LogP contribution in [0.2, 0.25) is 0 Å². The molecule has 0 atom stereocenters. The van der Waals surface area contributed by atoms with Crippen molar-refractivity contribution >= 4 is 32.2 Å². The van der Waals surface area contributed by atoms with Crippen molar-refractivity contribution in [1.82, 2.24) is 4.90 Å². The molecule has 1 saturated heterocycles. The first-order valence-electron chi connectivity index (χ1n) is 13.2. The maximum absolute atomic E-state index is 13.6. The van der Waals surface area contributed by atoms with Gasteiger partial charge in [-0.2, -0.15) is 0 Å². The second-order valence-electron chi connectivity index (χ2n) is 10.0. The molecule has 4 aromatic carbocycles. The molecule has 0 unspecified atom stereocenters. The fraction of sp³-hybridized carbons (Fsp3) is 0.290. The Morgan fingerprint density at radius 1 is 0.622 bits per heavy atom. The van der Waals surface area contributed by atoms with E-state index >= 15 is 0 Å². The molecule has 190 valence electrons. The van der Waals surface area contributed by atoms with Gasteiger partial charge >= 0.3 is 0 Å². The van der Waals surface area contributed by atoms with Crippen LogP contribution in [0, 0.1) is 0 Å². The predicted molar refractivity (Wildman–Crippen MR) is 152 cm³/mol. The summed E-state index contributed by atoms with van der Waals surface area (Å²) in [7, 11) is -3.56. The Labute approximate surface area is 220 Å². The van der Waals surface area contributed by atoms with Crippen LogP contribution >= 0.6 is 0 Å². The zero-order valence-electron chi connectivity index (χ0n) is 21.1. The van der Waals surface area contributed by atoms with E-state index < -0.39 is 10.0 Å². The van der Waals surface area contributed by atoms with Crippen molar-refractivity contribution in [2.45, 2.75) is 24.2 Å². The molecule has 4 aromatic rings.